The first-order valence-corrected chi connectivity index (χ1v) is 6.43. The van der Waals surface area contributed by atoms with Crippen LogP contribution in [0.15, 0.2) is 24.3 Å². The average Bonchev–Trinajstić information content (AvgIpc) is 2.34. The number of hydrogen-bond donors (Lipinski definition) is 1. The Hall–Kier alpha value is -1.48. The van der Waals surface area contributed by atoms with Crippen LogP contribution in [0.3, 0.4) is 0 Å². The SMILES string of the molecule is [B]Cc1ccccc1C(=O)OCC(F)(F)S(=O)(=O)O. The second-order valence-corrected chi connectivity index (χ2v) is 5.10. The van der Waals surface area contributed by atoms with Gasteiger partial charge < -0.3 is 4.74 Å². The summed E-state index contributed by atoms with van der Waals surface area (Å²) in [5.41, 5.74) is 0.318. The first kappa shape index (κ1) is 15.6. The van der Waals surface area contributed by atoms with Crippen molar-refractivity contribution in [1.82, 2.24) is 0 Å². The molecule has 0 atom stereocenters. The lowest BCUT2D eigenvalue weighted by Crippen LogP contribution is -2.34. The third kappa shape index (κ3) is 3.74. The van der Waals surface area contributed by atoms with E-state index < -0.39 is 27.9 Å². The van der Waals surface area contributed by atoms with Gasteiger partial charge in [-0.1, -0.05) is 24.5 Å². The van der Waals surface area contributed by atoms with E-state index in [0.29, 0.717) is 5.56 Å². The van der Waals surface area contributed by atoms with Crippen LogP contribution in [0.4, 0.5) is 8.78 Å². The summed E-state index contributed by atoms with van der Waals surface area (Å²) < 4.78 is 58.8. The minimum Gasteiger partial charge on any atom is -0.454 e. The molecule has 1 N–H and O–H groups in total. The lowest BCUT2D eigenvalue weighted by molar-refractivity contribution is -0.00956. The summed E-state index contributed by atoms with van der Waals surface area (Å²) in [5, 5.41) is -4.56. The Labute approximate surface area is 109 Å². The molecule has 0 fully saturated rings. The van der Waals surface area contributed by atoms with Gasteiger partial charge in [0.25, 0.3) is 0 Å². The Bertz CT molecular complexity index is 573. The Balaban J connectivity index is 2.82. The van der Waals surface area contributed by atoms with Crippen molar-refractivity contribution in [1.29, 1.82) is 0 Å². The topological polar surface area (TPSA) is 80.7 Å². The van der Waals surface area contributed by atoms with Crippen LogP contribution in [0.1, 0.15) is 15.9 Å². The second-order valence-electron chi connectivity index (χ2n) is 3.55. The standard InChI is InChI=1S/C10H9BF2O5S/c11-5-7-3-1-2-4-8(7)9(14)18-6-10(12,13)19(15,16)17/h1-4H,5-6H2,(H,15,16,17). The number of rotatable bonds is 5. The van der Waals surface area contributed by atoms with Gasteiger partial charge in [0, 0.05) is 0 Å². The number of ether oxygens (including phenoxy) is 1. The fourth-order valence-electron chi connectivity index (χ4n) is 1.20. The number of alkyl halides is 2. The van der Waals surface area contributed by atoms with Crippen molar-refractivity contribution >= 4 is 23.9 Å². The van der Waals surface area contributed by atoms with Crippen LogP contribution in [0.5, 0.6) is 0 Å². The van der Waals surface area contributed by atoms with E-state index in [1.165, 1.54) is 18.2 Å². The summed E-state index contributed by atoms with van der Waals surface area (Å²) in [6.07, 6.45) is -0.0139. The van der Waals surface area contributed by atoms with E-state index in [-0.39, 0.29) is 11.9 Å². The van der Waals surface area contributed by atoms with Crippen molar-refractivity contribution in [3.63, 3.8) is 0 Å². The Morgan fingerprint density at radius 1 is 1.37 bits per heavy atom. The fraction of sp³-hybridized carbons (Fsp3) is 0.300. The molecule has 0 aromatic heterocycles. The smallest absolute Gasteiger partial charge is 0.402 e. The number of hydrogen-bond acceptors (Lipinski definition) is 4. The molecule has 2 radical (unpaired) electrons. The molecule has 102 valence electrons. The maximum Gasteiger partial charge on any atom is 0.402 e. The lowest BCUT2D eigenvalue weighted by Gasteiger charge is -2.14. The van der Waals surface area contributed by atoms with Crippen molar-refractivity contribution in [2.75, 3.05) is 6.61 Å². The van der Waals surface area contributed by atoms with Crippen molar-refractivity contribution in [2.45, 2.75) is 11.6 Å². The lowest BCUT2D eigenvalue weighted by atomic mass is 9.93. The number of carbonyl (C=O) groups excluding carboxylic acids is 1. The first-order valence-electron chi connectivity index (χ1n) is 4.99. The highest BCUT2D eigenvalue weighted by atomic mass is 32.2. The normalized spacial score (nSPS) is 12.2. The van der Waals surface area contributed by atoms with Crippen molar-refractivity contribution in [3.05, 3.63) is 35.4 Å². The van der Waals surface area contributed by atoms with Crippen LogP contribution in [0, 0.1) is 0 Å². The molecule has 0 bridgehead atoms. The van der Waals surface area contributed by atoms with Crippen LogP contribution in [-0.2, 0) is 21.2 Å². The third-order valence-electron chi connectivity index (χ3n) is 2.21. The van der Waals surface area contributed by atoms with Crippen molar-refractivity contribution in [2.24, 2.45) is 0 Å². The van der Waals surface area contributed by atoms with Gasteiger partial charge in [-0.3, -0.25) is 4.55 Å². The molecule has 0 saturated carbocycles. The van der Waals surface area contributed by atoms with Gasteiger partial charge in [-0.2, -0.15) is 17.2 Å². The van der Waals surface area contributed by atoms with Gasteiger partial charge in [-0.25, -0.2) is 4.79 Å². The monoisotopic (exact) mass is 290 g/mol. The molecular weight excluding hydrogens is 281 g/mol. The summed E-state index contributed by atoms with van der Waals surface area (Å²) in [7, 11) is -0.283. The Morgan fingerprint density at radius 3 is 2.47 bits per heavy atom. The van der Waals surface area contributed by atoms with Crippen LogP contribution in [0.25, 0.3) is 0 Å². The first-order chi connectivity index (χ1) is 8.69. The molecule has 5 nitrogen and oxygen atoms in total. The molecule has 0 aliphatic heterocycles. The quantitative estimate of drug-likeness (QED) is 0.497. The Kier molecular flexibility index (Phi) is 4.64. The van der Waals surface area contributed by atoms with Crippen molar-refractivity contribution < 1.29 is 31.3 Å². The zero-order valence-corrected chi connectivity index (χ0v) is 10.4. The zero-order valence-electron chi connectivity index (χ0n) is 9.55. The van der Waals surface area contributed by atoms with Gasteiger partial charge >= 0.3 is 21.3 Å². The highest BCUT2D eigenvalue weighted by molar-refractivity contribution is 7.86. The van der Waals surface area contributed by atoms with Gasteiger partial charge in [0.15, 0.2) is 6.61 Å². The maximum atomic E-state index is 12.8. The summed E-state index contributed by atoms with van der Waals surface area (Å²) in [5.74, 6) is -1.15. The molecule has 0 aliphatic carbocycles. The number of benzene rings is 1. The number of esters is 1. The number of halogens is 2. The molecule has 19 heavy (non-hydrogen) atoms. The van der Waals surface area contributed by atoms with E-state index in [2.05, 4.69) is 4.74 Å². The fourth-order valence-corrected chi connectivity index (χ4v) is 1.41. The highest BCUT2D eigenvalue weighted by Gasteiger charge is 2.45. The minimum atomic E-state index is -5.63. The molecule has 0 aliphatic rings. The molecule has 0 spiro atoms. The van der Waals surface area contributed by atoms with Crippen LogP contribution in [0.2, 0.25) is 0 Å². The molecule has 1 rings (SSSR count). The Morgan fingerprint density at radius 2 is 1.95 bits per heavy atom. The predicted octanol–water partition coefficient (Wildman–Crippen LogP) is 0.993. The number of carbonyl (C=O) groups is 1. The van der Waals surface area contributed by atoms with E-state index in [4.69, 9.17) is 12.4 Å². The van der Waals surface area contributed by atoms with Crippen LogP contribution in [-0.4, -0.2) is 38.6 Å². The molecule has 1 aromatic carbocycles. The summed E-state index contributed by atoms with van der Waals surface area (Å²) in [4.78, 5) is 11.5. The largest absolute Gasteiger partial charge is 0.454 e. The molecule has 1 aromatic rings. The van der Waals surface area contributed by atoms with Gasteiger partial charge in [0.1, 0.15) is 0 Å². The van der Waals surface area contributed by atoms with E-state index in [1.807, 2.05) is 0 Å². The average molecular weight is 290 g/mol. The molecule has 0 amide bonds. The highest BCUT2D eigenvalue weighted by Crippen LogP contribution is 2.21. The van der Waals surface area contributed by atoms with Crippen LogP contribution >= 0.6 is 0 Å². The molecule has 0 saturated heterocycles. The van der Waals surface area contributed by atoms with E-state index in [9.17, 15) is 22.0 Å². The van der Waals surface area contributed by atoms with E-state index in [0.717, 1.165) is 0 Å². The van der Waals surface area contributed by atoms with Gasteiger partial charge in [0.2, 0.25) is 0 Å². The zero-order chi connectivity index (χ0) is 14.7. The summed E-state index contributed by atoms with van der Waals surface area (Å²) >= 11 is 0. The maximum absolute atomic E-state index is 12.8. The summed E-state index contributed by atoms with van der Waals surface area (Å²) in [6.45, 7) is -1.77. The summed E-state index contributed by atoms with van der Waals surface area (Å²) in [6, 6.07) is 5.86. The van der Waals surface area contributed by atoms with Gasteiger partial charge in [-0.05, 0) is 11.6 Å². The van der Waals surface area contributed by atoms with Gasteiger partial charge in [0.05, 0.1) is 13.4 Å². The third-order valence-corrected chi connectivity index (χ3v) is 3.08. The van der Waals surface area contributed by atoms with Gasteiger partial charge in [-0.15, -0.1) is 0 Å². The van der Waals surface area contributed by atoms with E-state index in [1.54, 1.807) is 6.07 Å². The van der Waals surface area contributed by atoms with E-state index >= 15 is 0 Å². The van der Waals surface area contributed by atoms with Crippen molar-refractivity contribution in [3.8, 4) is 0 Å². The van der Waals surface area contributed by atoms with Crippen LogP contribution < -0.4 is 0 Å². The minimum absolute atomic E-state index is 0.0139. The molecular formula is C10H9BF2O5S. The predicted molar refractivity (Wildman–Crippen MR) is 62.7 cm³/mol. The second kappa shape index (κ2) is 5.66. The molecule has 0 heterocycles. The molecule has 0 unspecified atom stereocenters. The molecule has 9 heteroatoms.